The maximum absolute atomic E-state index is 6.35. The highest BCUT2D eigenvalue weighted by atomic mass is 35.5. The van der Waals surface area contributed by atoms with Crippen LogP contribution in [0.15, 0.2) is 42.7 Å². The number of methoxy groups -OCH3 is 2. The molecule has 0 bridgehead atoms. The lowest BCUT2D eigenvalue weighted by Crippen LogP contribution is -1.98. The van der Waals surface area contributed by atoms with E-state index in [1.807, 2.05) is 16.8 Å². The molecule has 1 aromatic heterocycles. The molecule has 0 spiro atoms. The molecular weight excluding hydrogens is 371 g/mol. The smallest absolute Gasteiger partial charge is 0.146 e. The van der Waals surface area contributed by atoms with Gasteiger partial charge in [0.2, 0.25) is 0 Å². The summed E-state index contributed by atoms with van der Waals surface area (Å²) in [6.45, 7) is 0. The Balaban J connectivity index is 2.13. The van der Waals surface area contributed by atoms with Crippen LogP contribution in [0.3, 0.4) is 0 Å². The summed E-state index contributed by atoms with van der Waals surface area (Å²) >= 11 is 18.7. The standard InChI is InChI=1S/C17H13Cl3N2O2/c1-23-15-4-3-10(7-13(15)19)22-6-5-21-17(22)11-8-16(24-2)14(20)9-12(11)18/h3-9H,1-2H3. The Bertz CT molecular complexity index is 894. The summed E-state index contributed by atoms with van der Waals surface area (Å²) < 4.78 is 12.3. The van der Waals surface area contributed by atoms with Gasteiger partial charge in [0.05, 0.1) is 29.3 Å². The fourth-order valence-corrected chi connectivity index (χ4v) is 3.17. The van der Waals surface area contributed by atoms with Crippen LogP contribution in [0.2, 0.25) is 15.1 Å². The summed E-state index contributed by atoms with van der Waals surface area (Å²) in [5, 5.41) is 1.43. The molecule has 0 unspecified atom stereocenters. The van der Waals surface area contributed by atoms with Crippen molar-refractivity contribution in [3.05, 3.63) is 57.8 Å². The van der Waals surface area contributed by atoms with Gasteiger partial charge in [-0.05, 0) is 30.3 Å². The largest absolute Gasteiger partial charge is 0.495 e. The van der Waals surface area contributed by atoms with E-state index in [2.05, 4.69) is 4.98 Å². The molecule has 3 aromatic rings. The van der Waals surface area contributed by atoms with Crippen molar-refractivity contribution in [3.63, 3.8) is 0 Å². The van der Waals surface area contributed by atoms with E-state index in [-0.39, 0.29) is 0 Å². The lowest BCUT2D eigenvalue weighted by atomic mass is 10.2. The molecule has 24 heavy (non-hydrogen) atoms. The van der Waals surface area contributed by atoms with Crippen molar-refractivity contribution in [3.8, 4) is 28.6 Å². The monoisotopic (exact) mass is 382 g/mol. The average Bonchev–Trinajstić information content (AvgIpc) is 3.04. The predicted octanol–water partition coefficient (Wildman–Crippen LogP) is 5.52. The number of benzene rings is 2. The van der Waals surface area contributed by atoms with Crippen LogP contribution in [0, 0.1) is 0 Å². The van der Waals surface area contributed by atoms with Crippen LogP contribution in [0.4, 0.5) is 0 Å². The Kier molecular flexibility index (Phi) is 4.90. The highest BCUT2D eigenvalue weighted by Crippen LogP contribution is 2.37. The molecule has 0 saturated heterocycles. The Hall–Kier alpha value is -1.88. The molecule has 0 N–H and O–H groups in total. The van der Waals surface area contributed by atoms with Crippen molar-refractivity contribution in [1.29, 1.82) is 0 Å². The van der Waals surface area contributed by atoms with E-state index in [1.54, 1.807) is 44.7 Å². The van der Waals surface area contributed by atoms with Gasteiger partial charge in [-0.2, -0.15) is 0 Å². The topological polar surface area (TPSA) is 36.3 Å². The number of hydrogen-bond acceptors (Lipinski definition) is 3. The number of ether oxygens (including phenoxy) is 2. The summed E-state index contributed by atoms with van der Waals surface area (Å²) in [5.74, 6) is 1.78. The van der Waals surface area contributed by atoms with Gasteiger partial charge in [-0.1, -0.05) is 34.8 Å². The van der Waals surface area contributed by atoms with E-state index in [9.17, 15) is 0 Å². The highest BCUT2D eigenvalue weighted by molar-refractivity contribution is 6.37. The van der Waals surface area contributed by atoms with Gasteiger partial charge in [-0.3, -0.25) is 4.57 Å². The molecule has 0 aliphatic carbocycles. The normalized spacial score (nSPS) is 10.7. The summed E-state index contributed by atoms with van der Waals surface area (Å²) in [6.07, 6.45) is 3.51. The zero-order valence-electron chi connectivity index (χ0n) is 12.9. The zero-order valence-corrected chi connectivity index (χ0v) is 15.2. The molecule has 0 aliphatic rings. The first-order valence-corrected chi connectivity index (χ1v) is 8.09. The minimum Gasteiger partial charge on any atom is -0.495 e. The van der Waals surface area contributed by atoms with Crippen molar-refractivity contribution < 1.29 is 9.47 Å². The molecule has 0 saturated carbocycles. The molecular formula is C17H13Cl3N2O2. The predicted molar refractivity (Wildman–Crippen MR) is 97.1 cm³/mol. The quantitative estimate of drug-likeness (QED) is 0.595. The summed E-state index contributed by atoms with van der Waals surface area (Å²) in [5.41, 5.74) is 1.54. The molecule has 0 amide bonds. The van der Waals surface area contributed by atoms with E-state index < -0.39 is 0 Å². The van der Waals surface area contributed by atoms with Gasteiger partial charge in [0, 0.05) is 23.6 Å². The molecule has 3 rings (SSSR count). The first-order chi connectivity index (χ1) is 11.5. The van der Waals surface area contributed by atoms with E-state index in [4.69, 9.17) is 44.3 Å². The van der Waals surface area contributed by atoms with Crippen molar-refractivity contribution in [1.82, 2.24) is 9.55 Å². The highest BCUT2D eigenvalue weighted by Gasteiger charge is 2.15. The maximum Gasteiger partial charge on any atom is 0.146 e. The van der Waals surface area contributed by atoms with Crippen LogP contribution in [-0.4, -0.2) is 23.8 Å². The minimum atomic E-state index is 0.442. The molecule has 2 aromatic carbocycles. The minimum absolute atomic E-state index is 0.442. The SMILES string of the molecule is COc1ccc(-n2ccnc2-c2cc(OC)c(Cl)cc2Cl)cc1Cl. The van der Waals surface area contributed by atoms with Gasteiger partial charge >= 0.3 is 0 Å². The number of imidazole rings is 1. The van der Waals surface area contributed by atoms with E-state index in [0.29, 0.717) is 38.0 Å². The molecule has 7 heteroatoms. The van der Waals surface area contributed by atoms with Gasteiger partial charge in [0.25, 0.3) is 0 Å². The molecule has 1 heterocycles. The van der Waals surface area contributed by atoms with Crippen molar-refractivity contribution in [2.45, 2.75) is 0 Å². The fourth-order valence-electron chi connectivity index (χ4n) is 2.37. The first kappa shape index (κ1) is 17.0. The average molecular weight is 384 g/mol. The molecule has 0 atom stereocenters. The van der Waals surface area contributed by atoms with E-state index in [0.717, 1.165) is 5.69 Å². The third kappa shape index (κ3) is 3.05. The van der Waals surface area contributed by atoms with Crippen molar-refractivity contribution in [2.75, 3.05) is 14.2 Å². The van der Waals surface area contributed by atoms with Crippen LogP contribution in [0.1, 0.15) is 0 Å². The number of halogens is 3. The Morgan fingerprint density at radius 3 is 2.25 bits per heavy atom. The van der Waals surface area contributed by atoms with Crippen LogP contribution >= 0.6 is 34.8 Å². The van der Waals surface area contributed by atoms with Crippen molar-refractivity contribution >= 4 is 34.8 Å². The zero-order chi connectivity index (χ0) is 17.3. The number of hydrogen-bond donors (Lipinski definition) is 0. The Morgan fingerprint density at radius 2 is 1.58 bits per heavy atom. The van der Waals surface area contributed by atoms with Gasteiger partial charge < -0.3 is 9.47 Å². The van der Waals surface area contributed by atoms with Crippen LogP contribution in [-0.2, 0) is 0 Å². The molecule has 0 radical (unpaired) electrons. The van der Waals surface area contributed by atoms with Crippen LogP contribution in [0.5, 0.6) is 11.5 Å². The third-order valence-corrected chi connectivity index (χ3v) is 4.44. The number of rotatable bonds is 4. The van der Waals surface area contributed by atoms with Gasteiger partial charge in [-0.15, -0.1) is 0 Å². The second kappa shape index (κ2) is 6.93. The van der Waals surface area contributed by atoms with Gasteiger partial charge in [-0.25, -0.2) is 4.98 Å². The second-order valence-electron chi connectivity index (χ2n) is 4.91. The van der Waals surface area contributed by atoms with E-state index >= 15 is 0 Å². The number of aromatic nitrogens is 2. The lowest BCUT2D eigenvalue weighted by molar-refractivity contribution is 0.415. The summed E-state index contributed by atoms with van der Waals surface area (Å²) in [7, 11) is 3.12. The van der Waals surface area contributed by atoms with Crippen LogP contribution in [0.25, 0.3) is 17.1 Å². The van der Waals surface area contributed by atoms with E-state index in [1.165, 1.54) is 0 Å². The third-order valence-electron chi connectivity index (χ3n) is 3.54. The lowest BCUT2D eigenvalue weighted by Gasteiger charge is -2.13. The Labute approximate surface area is 154 Å². The summed E-state index contributed by atoms with van der Waals surface area (Å²) in [4.78, 5) is 4.41. The molecule has 0 fully saturated rings. The first-order valence-electron chi connectivity index (χ1n) is 6.95. The molecule has 0 aliphatic heterocycles. The second-order valence-corrected chi connectivity index (χ2v) is 6.13. The fraction of sp³-hybridized carbons (Fsp3) is 0.118. The van der Waals surface area contributed by atoms with Gasteiger partial charge in [0.15, 0.2) is 0 Å². The van der Waals surface area contributed by atoms with Gasteiger partial charge in [0.1, 0.15) is 17.3 Å². The van der Waals surface area contributed by atoms with Crippen molar-refractivity contribution in [2.24, 2.45) is 0 Å². The number of nitrogens with zero attached hydrogens (tertiary/aromatic N) is 2. The summed E-state index contributed by atoms with van der Waals surface area (Å²) in [6, 6.07) is 8.88. The molecule has 124 valence electrons. The maximum atomic E-state index is 6.35. The molecule has 4 nitrogen and oxygen atoms in total. The van der Waals surface area contributed by atoms with Crippen LogP contribution < -0.4 is 9.47 Å². The Morgan fingerprint density at radius 1 is 0.875 bits per heavy atom.